The Hall–Kier alpha value is -1.87. The molecule has 0 unspecified atom stereocenters. The largest absolute Gasteiger partial charge is 0.147 e. The van der Waals surface area contributed by atoms with Crippen molar-refractivity contribution in [2.24, 2.45) is 0 Å². The fourth-order valence-electron chi connectivity index (χ4n) is 5.48. The van der Waals surface area contributed by atoms with Gasteiger partial charge in [0.2, 0.25) is 0 Å². The zero-order valence-corrected chi connectivity index (χ0v) is 26.4. The van der Waals surface area contributed by atoms with Crippen LogP contribution in [0.3, 0.4) is 0 Å². The van der Waals surface area contributed by atoms with E-state index < -0.39 is 0 Å². The average Bonchev–Trinajstić information content (AvgIpc) is 3.15. The van der Waals surface area contributed by atoms with Gasteiger partial charge in [-0.15, -0.1) is 12.4 Å². The van der Waals surface area contributed by atoms with Gasteiger partial charge in [0.25, 0.3) is 0 Å². The van der Waals surface area contributed by atoms with E-state index in [2.05, 4.69) is 94.1 Å². The van der Waals surface area contributed by atoms with Gasteiger partial charge in [-0.05, 0) is 0 Å². The molecule has 3 aromatic carbocycles. The number of anilines is 2. The Bertz CT molecular complexity index is 1190. The Morgan fingerprint density at radius 2 is 1.27 bits per heavy atom. The minimum atomic E-state index is -0.191. The molecule has 3 aromatic rings. The van der Waals surface area contributed by atoms with Gasteiger partial charge in [0.1, 0.15) is 0 Å². The van der Waals surface area contributed by atoms with Crippen molar-refractivity contribution in [1.82, 2.24) is 0 Å². The zero-order chi connectivity index (χ0) is 26.1. The van der Waals surface area contributed by atoms with E-state index >= 15 is 0 Å². The summed E-state index contributed by atoms with van der Waals surface area (Å²) < 4.78 is 8.81. The summed E-state index contributed by atoms with van der Waals surface area (Å²) in [7, 11) is 0. The van der Waals surface area contributed by atoms with Crippen LogP contribution >= 0.6 is 24.0 Å². The van der Waals surface area contributed by atoms with Crippen LogP contribution in [-0.2, 0) is 16.7 Å². The summed E-state index contributed by atoms with van der Waals surface area (Å²) in [4.78, 5) is 5.29. The summed E-state index contributed by atoms with van der Waals surface area (Å²) in [5.74, 6) is 0.908. The van der Waals surface area contributed by atoms with Gasteiger partial charge in [-0.3, -0.25) is 0 Å². The van der Waals surface area contributed by atoms with Gasteiger partial charge in [-0.2, -0.15) is 0 Å². The summed E-state index contributed by atoms with van der Waals surface area (Å²) in [6, 6.07) is 15.2. The van der Waals surface area contributed by atoms with Crippen LogP contribution in [0.15, 0.2) is 42.5 Å². The Kier molecular flexibility index (Phi) is 9.89. The van der Waals surface area contributed by atoms with E-state index in [1.165, 1.54) is 44.8 Å². The normalized spacial score (nSPS) is 14.3. The number of hydrogen-bond donors (Lipinski definition) is 0. The number of benzene rings is 3. The molecule has 0 aromatic heterocycles. The first-order valence-corrected chi connectivity index (χ1v) is 15.0. The van der Waals surface area contributed by atoms with Crippen molar-refractivity contribution >= 4 is 40.0 Å². The fraction of sp³-hybridized carbons (Fsp3) is 0.387. The third kappa shape index (κ3) is 6.59. The van der Waals surface area contributed by atoms with Crippen LogP contribution in [0.1, 0.15) is 52.8 Å². The molecule has 1 aliphatic rings. The molecule has 6 heteroatoms. The molecule has 1 saturated heterocycles. The van der Waals surface area contributed by atoms with Gasteiger partial charge < -0.3 is 0 Å². The molecule has 0 spiro atoms. The molecule has 1 fully saturated rings. The van der Waals surface area contributed by atoms with Crippen LogP contribution < -0.4 is 14.5 Å². The van der Waals surface area contributed by atoms with Crippen molar-refractivity contribution in [3.63, 3.8) is 0 Å². The molecular formula is C31H39Cl2N2ORu. The van der Waals surface area contributed by atoms with E-state index in [1.807, 2.05) is 18.2 Å². The first-order chi connectivity index (χ1) is 17.0. The number of rotatable bonds is 6. The molecule has 0 N–H and O–H groups in total. The molecule has 0 aliphatic carbocycles. The maximum atomic E-state index is 6.42. The molecule has 4 rings (SSSR count). The van der Waals surface area contributed by atoms with E-state index in [4.69, 9.17) is 16.3 Å². The number of aryl methyl sites for hydroxylation is 6. The topological polar surface area (TPSA) is 15.7 Å². The smallest absolute Gasteiger partial charge is 0.147 e. The number of hydrogen-bond acceptors (Lipinski definition) is 3. The molecule has 0 bridgehead atoms. The quantitative estimate of drug-likeness (QED) is 0.258. The molecule has 1 heterocycles. The molecule has 0 amide bonds. The van der Waals surface area contributed by atoms with Gasteiger partial charge in [-0.1, -0.05) is 0 Å². The Labute approximate surface area is 241 Å². The molecule has 37 heavy (non-hydrogen) atoms. The van der Waals surface area contributed by atoms with Crippen molar-refractivity contribution in [2.75, 3.05) is 22.9 Å². The van der Waals surface area contributed by atoms with Crippen LogP contribution in [0.25, 0.3) is 0 Å². The van der Waals surface area contributed by atoms with Gasteiger partial charge >= 0.3 is 230 Å². The van der Waals surface area contributed by atoms with Crippen molar-refractivity contribution < 1.29 is 21.4 Å². The second-order valence-corrected chi connectivity index (χ2v) is 12.7. The van der Waals surface area contributed by atoms with Crippen molar-refractivity contribution in [1.29, 1.82) is 0 Å². The van der Waals surface area contributed by atoms with Crippen LogP contribution in [0, 0.1) is 41.5 Å². The van der Waals surface area contributed by atoms with Gasteiger partial charge in [0.05, 0.1) is 0 Å². The second-order valence-electron chi connectivity index (χ2n) is 10.2. The maximum absolute atomic E-state index is 6.42. The first kappa shape index (κ1) is 29.7. The van der Waals surface area contributed by atoms with Crippen LogP contribution in [-0.4, -0.2) is 28.6 Å². The van der Waals surface area contributed by atoms with Crippen LogP contribution in [0.4, 0.5) is 11.4 Å². The third-order valence-corrected chi connectivity index (χ3v) is 9.20. The summed E-state index contributed by atoms with van der Waals surface area (Å²) in [6.45, 7) is 19.5. The molecule has 0 saturated carbocycles. The van der Waals surface area contributed by atoms with Gasteiger partial charge in [-0.25, -0.2) is 0 Å². The second kappa shape index (κ2) is 12.3. The predicted molar refractivity (Wildman–Crippen MR) is 159 cm³/mol. The predicted octanol–water partition coefficient (Wildman–Crippen LogP) is 7.94. The summed E-state index contributed by atoms with van der Waals surface area (Å²) >= 11 is 6.23. The van der Waals surface area contributed by atoms with Crippen LogP contribution in [0.2, 0.25) is 5.02 Å². The maximum Gasteiger partial charge on any atom is -0.147 e. The van der Waals surface area contributed by atoms with E-state index in [-0.39, 0.29) is 39.9 Å². The van der Waals surface area contributed by atoms with Crippen molar-refractivity contribution in [2.45, 2.75) is 66.3 Å². The zero-order valence-electron chi connectivity index (χ0n) is 23.1. The molecule has 0 atom stereocenters. The monoisotopic (exact) mass is 627 g/mol. The Morgan fingerprint density at radius 1 is 0.811 bits per heavy atom. The summed E-state index contributed by atoms with van der Waals surface area (Å²) in [5, 5.41) is 0.744. The number of halogens is 2. The standard InChI is InChI=1S/C21H27N2.C10H11ClO.ClH.Ru/c1-14-9-16(3)20(17(4)10-14)22-7-8-23(13-22)21-18(5)11-15(2)12-19(21)6;1-7(2)12-10-5-4-9(11)6-8(10)3;;/h9-13H,7-8H2,1-6H3;3-7H,1-2H3;1H;. The average molecular weight is 628 g/mol. The number of nitrogens with zero attached hydrogens (tertiary/aromatic N) is 2. The summed E-state index contributed by atoms with van der Waals surface area (Å²) in [6.07, 6.45) is 0.115. The van der Waals surface area contributed by atoms with Crippen molar-refractivity contribution in [3.05, 3.63) is 86.4 Å². The SMILES string of the molecule is Cc1cc(C)c(N2CCN(c3c(C)cc(C)cc3C)[CH]2[Ru]=[CH]c2cc(Cl)ccc2OC(C)C)c(C)c1.Cl. The fourth-order valence-corrected chi connectivity index (χ4v) is 8.14. The Balaban J connectivity index is 0.00000380. The Morgan fingerprint density at radius 3 is 1.70 bits per heavy atom. The molecular weight excluding hydrogens is 588 g/mol. The minimum Gasteiger partial charge on any atom is -0.147 e. The van der Waals surface area contributed by atoms with E-state index in [0.717, 1.165) is 29.4 Å². The molecule has 0 radical (unpaired) electrons. The van der Waals surface area contributed by atoms with E-state index in [0.29, 0.717) is 0 Å². The van der Waals surface area contributed by atoms with E-state index in [1.54, 1.807) is 0 Å². The molecule has 3 nitrogen and oxygen atoms in total. The minimum absolute atomic E-state index is 0. The van der Waals surface area contributed by atoms with Crippen LogP contribution in [0.5, 0.6) is 5.75 Å². The van der Waals surface area contributed by atoms with E-state index in [9.17, 15) is 0 Å². The van der Waals surface area contributed by atoms with Gasteiger partial charge in [0.15, 0.2) is 0 Å². The molecule has 201 valence electrons. The summed E-state index contributed by atoms with van der Waals surface area (Å²) in [5.41, 5.74) is 11.9. The third-order valence-electron chi connectivity index (χ3n) is 6.53. The molecule has 1 aliphatic heterocycles. The van der Waals surface area contributed by atoms with Crippen molar-refractivity contribution in [3.8, 4) is 5.75 Å². The first-order valence-electron chi connectivity index (χ1n) is 12.6. The number of ether oxygens (including phenoxy) is 1. The van der Waals surface area contributed by atoms with Gasteiger partial charge in [0, 0.05) is 0 Å².